The first-order valence-corrected chi connectivity index (χ1v) is 4.51. The summed E-state index contributed by atoms with van der Waals surface area (Å²) in [7, 11) is 0. The maximum Gasteiger partial charge on any atom is 0.272 e. The summed E-state index contributed by atoms with van der Waals surface area (Å²) in [6, 6.07) is 5.16. The van der Waals surface area contributed by atoms with E-state index in [0.29, 0.717) is 6.42 Å². The molecule has 1 aromatic rings. The summed E-state index contributed by atoms with van der Waals surface area (Å²) >= 11 is 5.93. The first kappa shape index (κ1) is 8.51. The van der Waals surface area contributed by atoms with Gasteiger partial charge in [0.25, 0.3) is 5.69 Å². The molecule has 4 heteroatoms. The molecule has 3 nitrogen and oxygen atoms in total. The summed E-state index contributed by atoms with van der Waals surface area (Å²) in [5, 5.41) is 10.7. The third kappa shape index (κ3) is 1.40. The van der Waals surface area contributed by atoms with Gasteiger partial charge in [-0.3, -0.25) is 10.1 Å². The first-order chi connectivity index (χ1) is 6.18. The fraction of sp³-hybridized carbons (Fsp3) is 0.333. The van der Waals surface area contributed by atoms with E-state index in [2.05, 4.69) is 0 Å². The van der Waals surface area contributed by atoms with Gasteiger partial charge in [0.15, 0.2) is 0 Å². The summed E-state index contributed by atoms with van der Waals surface area (Å²) in [6.45, 7) is 0. The van der Waals surface area contributed by atoms with E-state index in [1.54, 1.807) is 6.07 Å². The Labute approximate surface area is 80.5 Å². The van der Waals surface area contributed by atoms with E-state index in [4.69, 9.17) is 11.6 Å². The third-order valence-corrected chi connectivity index (χ3v) is 2.62. The van der Waals surface area contributed by atoms with Crippen LogP contribution in [-0.4, -0.2) is 10.3 Å². The zero-order chi connectivity index (χ0) is 9.42. The van der Waals surface area contributed by atoms with Crippen LogP contribution in [0.1, 0.15) is 11.1 Å². The van der Waals surface area contributed by atoms with Crippen molar-refractivity contribution in [1.29, 1.82) is 0 Å². The van der Waals surface area contributed by atoms with Gasteiger partial charge in [-0.2, -0.15) is 0 Å². The fourth-order valence-electron chi connectivity index (χ4n) is 1.75. The number of nitro benzene ring substituents is 1. The van der Waals surface area contributed by atoms with Crippen LogP contribution < -0.4 is 0 Å². The number of fused-ring (bicyclic) bond motifs is 1. The smallest absolute Gasteiger partial charge is 0.258 e. The minimum Gasteiger partial charge on any atom is -0.258 e. The molecule has 1 aromatic carbocycles. The van der Waals surface area contributed by atoms with Crippen LogP contribution in [0.15, 0.2) is 18.2 Å². The van der Waals surface area contributed by atoms with Crippen molar-refractivity contribution in [2.45, 2.75) is 18.2 Å². The van der Waals surface area contributed by atoms with E-state index in [1.807, 2.05) is 6.07 Å². The number of nitrogens with zero attached hydrogens (tertiary/aromatic N) is 1. The highest BCUT2D eigenvalue weighted by Crippen LogP contribution is 2.32. The Hall–Kier alpha value is -1.09. The van der Waals surface area contributed by atoms with Crippen molar-refractivity contribution in [2.75, 3.05) is 0 Å². The van der Waals surface area contributed by atoms with Crippen LogP contribution in [-0.2, 0) is 12.8 Å². The third-order valence-electron chi connectivity index (χ3n) is 2.31. The van der Waals surface area contributed by atoms with Gasteiger partial charge in [0.2, 0.25) is 0 Å². The first-order valence-electron chi connectivity index (χ1n) is 4.07. The second-order valence-electron chi connectivity index (χ2n) is 3.18. The second kappa shape index (κ2) is 3.00. The van der Waals surface area contributed by atoms with Gasteiger partial charge < -0.3 is 0 Å². The molecule has 0 amide bonds. The Morgan fingerprint density at radius 3 is 2.92 bits per heavy atom. The lowest BCUT2D eigenvalue weighted by atomic mass is 10.1. The van der Waals surface area contributed by atoms with Crippen molar-refractivity contribution in [3.8, 4) is 0 Å². The molecule has 1 unspecified atom stereocenters. The molecule has 0 heterocycles. The molecule has 1 atom stereocenters. The topological polar surface area (TPSA) is 43.1 Å². The predicted octanol–water partition coefficient (Wildman–Crippen LogP) is 2.30. The van der Waals surface area contributed by atoms with Crippen LogP contribution in [0.4, 0.5) is 5.69 Å². The summed E-state index contributed by atoms with van der Waals surface area (Å²) in [5.41, 5.74) is 2.04. The van der Waals surface area contributed by atoms with E-state index in [-0.39, 0.29) is 16.0 Å². The summed E-state index contributed by atoms with van der Waals surface area (Å²) < 4.78 is 0. The Kier molecular flexibility index (Phi) is 1.96. The Bertz CT molecular complexity index is 365. The lowest BCUT2D eigenvalue weighted by Gasteiger charge is -1.98. The quantitative estimate of drug-likeness (QED) is 0.394. The number of rotatable bonds is 1. The van der Waals surface area contributed by atoms with Gasteiger partial charge in [-0.1, -0.05) is 12.1 Å². The SMILES string of the molecule is O=[N+]([O-])c1cccc2c1CC(Cl)C2. The van der Waals surface area contributed by atoms with E-state index < -0.39 is 0 Å². The van der Waals surface area contributed by atoms with Crippen molar-refractivity contribution >= 4 is 17.3 Å². The molecule has 0 N–H and O–H groups in total. The summed E-state index contributed by atoms with van der Waals surface area (Å²) in [5.74, 6) is 0. The zero-order valence-corrected chi connectivity index (χ0v) is 7.62. The minimum atomic E-state index is -0.340. The molecule has 0 fully saturated rings. The Balaban J connectivity index is 2.51. The maximum absolute atomic E-state index is 10.6. The van der Waals surface area contributed by atoms with Crippen LogP contribution >= 0.6 is 11.6 Å². The van der Waals surface area contributed by atoms with E-state index >= 15 is 0 Å². The summed E-state index contributed by atoms with van der Waals surface area (Å²) in [6.07, 6.45) is 1.37. The highest BCUT2D eigenvalue weighted by Gasteiger charge is 2.26. The van der Waals surface area contributed by atoms with E-state index in [1.165, 1.54) is 6.07 Å². The van der Waals surface area contributed by atoms with Crippen LogP contribution in [0, 0.1) is 10.1 Å². The summed E-state index contributed by atoms with van der Waals surface area (Å²) in [4.78, 5) is 10.3. The molecule has 0 bridgehead atoms. The number of halogens is 1. The van der Waals surface area contributed by atoms with Gasteiger partial charge in [-0.25, -0.2) is 0 Å². The van der Waals surface area contributed by atoms with Crippen molar-refractivity contribution in [1.82, 2.24) is 0 Å². The molecular weight excluding hydrogens is 190 g/mol. The minimum absolute atomic E-state index is 0.0242. The monoisotopic (exact) mass is 197 g/mol. The normalized spacial score (nSPS) is 19.9. The van der Waals surface area contributed by atoms with E-state index in [9.17, 15) is 10.1 Å². The van der Waals surface area contributed by atoms with E-state index in [0.717, 1.165) is 17.5 Å². The van der Waals surface area contributed by atoms with Crippen molar-refractivity contribution < 1.29 is 4.92 Å². The molecular formula is C9H8ClNO2. The zero-order valence-electron chi connectivity index (χ0n) is 6.87. The molecule has 1 aliphatic rings. The fourth-order valence-corrected chi connectivity index (χ4v) is 2.07. The van der Waals surface area contributed by atoms with Crippen LogP contribution in [0.5, 0.6) is 0 Å². The van der Waals surface area contributed by atoms with Gasteiger partial charge in [0, 0.05) is 17.0 Å². The lowest BCUT2D eigenvalue weighted by Crippen LogP contribution is -1.96. The average molecular weight is 198 g/mol. The molecule has 0 radical (unpaired) electrons. The van der Waals surface area contributed by atoms with Crippen LogP contribution in [0.2, 0.25) is 0 Å². The van der Waals surface area contributed by atoms with Crippen molar-refractivity contribution in [3.05, 3.63) is 39.4 Å². The van der Waals surface area contributed by atoms with Crippen molar-refractivity contribution in [3.63, 3.8) is 0 Å². The molecule has 0 spiro atoms. The van der Waals surface area contributed by atoms with Gasteiger partial charge in [0.05, 0.1) is 4.92 Å². The predicted molar refractivity (Wildman–Crippen MR) is 50.1 cm³/mol. The molecule has 0 aromatic heterocycles. The van der Waals surface area contributed by atoms with Gasteiger partial charge in [0.1, 0.15) is 0 Å². The molecule has 0 aliphatic heterocycles. The molecule has 0 saturated carbocycles. The molecule has 1 aliphatic carbocycles. The van der Waals surface area contributed by atoms with Gasteiger partial charge in [-0.15, -0.1) is 11.6 Å². The second-order valence-corrected chi connectivity index (χ2v) is 3.79. The number of hydrogen-bond donors (Lipinski definition) is 0. The Morgan fingerprint density at radius 2 is 2.23 bits per heavy atom. The highest BCUT2D eigenvalue weighted by atomic mass is 35.5. The number of benzene rings is 1. The molecule has 0 saturated heterocycles. The van der Waals surface area contributed by atoms with Crippen LogP contribution in [0.3, 0.4) is 0 Å². The van der Waals surface area contributed by atoms with Crippen molar-refractivity contribution in [2.24, 2.45) is 0 Å². The molecule has 68 valence electrons. The molecule has 13 heavy (non-hydrogen) atoms. The number of nitro groups is 1. The largest absolute Gasteiger partial charge is 0.272 e. The lowest BCUT2D eigenvalue weighted by molar-refractivity contribution is -0.385. The number of hydrogen-bond acceptors (Lipinski definition) is 2. The Morgan fingerprint density at radius 1 is 1.46 bits per heavy atom. The van der Waals surface area contributed by atoms with Gasteiger partial charge in [-0.05, 0) is 18.4 Å². The van der Waals surface area contributed by atoms with Gasteiger partial charge >= 0.3 is 0 Å². The average Bonchev–Trinajstić information content (AvgIpc) is 2.43. The standard InChI is InChI=1S/C9H8ClNO2/c10-7-4-6-2-1-3-9(11(12)13)8(6)5-7/h1-3,7H,4-5H2. The van der Waals surface area contributed by atoms with Crippen LogP contribution in [0.25, 0.3) is 0 Å². The number of alkyl halides is 1. The molecule has 2 rings (SSSR count). The maximum atomic E-state index is 10.6. The highest BCUT2D eigenvalue weighted by molar-refractivity contribution is 6.21.